The van der Waals surface area contributed by atoms with Crippen molar-refractivity contribution >= 4 is 23.2 Å². The molecule has 0 radical (unpaired) electrons. The Morgan fingerprint density at radius 2 is 2.13 bits per heavy atom. The van der Waals surface area contributed by atoms with E-state index in [1.807, 2.05) is 0 Å². The minimum absolute atomic E-state index is 0.00336. The number of methoxy groups -OCH3 is 1. The third-order valence-corrected chi connectivity index (χ3v) is 4.49. The topological polar surface area (TPSA) is 53.6 Å². The first-order valence-electron chi connectivity index (χ1n) is 8.18. The third-order valence-electron chi connectivity index (χ3n) is 4.19. The lowest BCUT2D eigenvalue weighted by Crippen LogP contribution is -2.41. The van der Waals surface area contributed by atoms with Crippen molar-refractivity contribution in [3.63, 3.8) is 0 Å². The molecule has 1 aromatic carbocycles. The number of nitrogens with one attached hydrogen (secondary N) is 2. The lowest BCUT2D eigenvalue weighted by atomic mass is 9.97. The molecule has 2 N–H and O–H groups in total. The van der Waals surface area contributed by atoms with Gasteiger partial charge in [-0.2, -0.15) is 0 Å². The normalized spacial score (nSPS) is 16.3. The Hall–Kier alpha value is -1.30. The molecule has 0 aromatic heterocycles. The number of carbonyl (C=O) groups excluding carboxylic acids is 1. The van der Waals surface area contributed by atoms with E-state index in [9.17, 15) is 4.79 Å². The molecule has 0 bridgehead atoms. The van der Waals surface area contributed by atoms with E-state index in [0.717, 1.165) is 44.9 Å². The summed E-state index contributed by atoms with van der Waals surface area (Å²) in [5, 5.41) is 6.79. The largest absolute Gasteiger partial charge is 0.495 e. The summed E-state index contributed by atoms with van der Waals surface area (Å²) in [6.45, 7) is 6.62. The average Bonchev–Trinajstić information content (AvgIpc) is 2.54. The van der Waals surface area contributed by atoms with Gasteiger partial charge in [0.1, 0.15) is 5.75 Å². The van der Waals surface area contributed by atoms with Crippen LogP contribution in [0.2, 0.25) is 5.02 Å². The molecule has 1 saturated heterocycles. The molecule has 1 aromatic rings. The van der Waals surface area contributed by atoms with Crippen LogP contribution in [0.5, 0.6) is 5.75 Å². The first-order chi connectivity index (χ1) is 11.1. The van der Waals surface area contributed by atoms with E-state index >= 15 is 0 Å². The zero-order valence-electron chi connectivity index (χ0n) is 13.9. The van der Waals surface area contributed by atoms with Gasteiger partial charge >= 0.3 is 0 Å². The van der Waals surface area contributed by atoms with Crippen LogP contribution in [0.15, 0.2) is 18.2 Å². The fourth-order valence-electron chi connectivity index (χ4n) is 2.84. The first kappa shape index (κ1) is 18.0. The third kappa shape index (κ3) is 5.68. The van der Waals surface area contributed by atoms with Gasteiger partial charge in [-0.15, -0.1) is 0 Å². The Morgan fingerprint density at radius 1 is 1.39 bits per heavy atom. The van der Waals surface area contributed by atoms with Gasteiger partial charge in [0.05, 0.1) is 18.7 Å². The van der Waals surface area contributed by atoms with Crippen molar-refractivity contribution in [2.45, 2.75) is 19.8 Å². The number of hydrogen-bond donors (Lipinski definition) is 2. The van der Waals surface area contributed by atoms with Gasteiger partial charge in [-0.25, -0.2) is 0 Å². The molecule has 1 heterocycles. The standard InChI is InChI=1S/C17H26ClN3O2/c1-3-19-11-13-6-8-21(9-7-13)12-17(22)20-14-4-5-16(23-2)15(18)10-14/h4-5,10,13,19H,3,6-9,11-12H2,1-2H3,(H,20,22). The van der Waals surface area contributed by atoms with Crippen molar-refractivity contribution in [1.29, 1.82) is 0 Å². The number of likely N-dealkylation sites (tertiary alicyclic amines) is 1. The predicted molar refractivity (Wildman–Crippen MR) is 94.3 cm³/mol. The van der Waals surface area contributed by atoms with E-state index in [0.29, 0.717) is 23.0 Å². The summed E-state index contributed by atoms with van der Waals surface area (Å²) in [6, 6.07) is 5.26. The number of piperidine rings is 1. The molecule has 5 nitrogen and oxygen atoms in total. The Balaban J connectivity index is 1.76. The quantitative estimate of drug-likeness (QED) is 0.801. The number of anilines is 1. The summed E-state index contributed by atoms with van der Waals surface area (Å²) in [4.78, 5) is 14.4. The average molecular weight is 340 g/mol. The summed E-state index contributed by atoms with van der Waals surface area (Å²) in [5.74, 6) is 1.33. The highest BCUT2D eigenvalue weighted by atomic mass is 35.5. The maximum atomic E-state index is 12.2. The molecule has 0 atom stereocenters. The summed E-state index contributed by atoms with van der Waals surface area (Å²) in [7, 11) is 1.57. The van der Waals surface area contributed by atoms with Gasteiger partial charge in [0.2, 0.25) is 5.91 Å². The Kier molecular flexibility index (Phi) is 7.15. The SMILES string of the molecule is CCNCC1CCN(CC(=O)Nc2ccc(OC)c(Cl)c2)CC1. The molecule has 6 heteroatoms. The lowest BCUT2D eigenvalue weighted by molar-refractivity contribution is -0.117. The van der Waals surface area contributed by atoms with E-state index in [2.05, 4.69) is 22.5 Å². The number of halogens is 1. The van der Waals surface area contributed by atoms with Crippen LogP contribution in [0, 0.1) is 5.92 Å². The number of nitrogens with zero attached hydrogens (tertiary/aromatic N) is 1. The van der Waals surface area contributed by atoms with Gasteiger partial charge in [0.15, 0.2) is 0 Å². The fraction of sp³-hybridized carbons (Fsp3) is 0.588. The maximum Gasteiger partial charge on any atom is 0.238 e. The molecule has 0 spiro atoms. The van der Waals surface area contributed by atoms with Crippen molar-refractivity contribution in [1.82, 2.24) is 10.2 Å². The monoisotopic (exact) mass is 339 g/mol. The Labute approximate surface area is 143 Å². The molecule has 1 fully saturated rings. The fourth-order valence-corrected chi connectivity index (χ4v) is 3.10. The van der Waals surface area contributed by atoms with Crippen LogP contribution in [0.1, 0.15) is 19.8 Å². The number of ether oxygens (including phenoxy) is 1. The van der Waals surface area contributed by atoms with Gasteiger partial charge < -0.3 is 15.4 Å². The molecule has 0 saturated carbocycles. The number of amides is 1. The predicted octanol–water partition coefficient (Wildman–Crippen LogP) is 2.61. The minimum atomic E-state index is -0.00336. The second-order valence-corrected chi connectivity index (χ2v) is 6.33. The maximum absolute atomic E-state index is 12.2. The summed E-state index contributed by atoms with van der Waals surface area (Å²) in [6.07, 6.45) is 2.29. The van der Waals surface area contributed by atoms with E-state index in [4.69, 9.17) is 16.3 Å². The number of rotatable bonds is 7. The number of hydrogen-bond acceptors (Lipinski definition) is 4. The van der Waals surface area contributed by atoms with E-state index in [1.54, 1.807) is 25.3 Å². The van der Waals surface area contributed by atoms with Crippen LogP contribution in [0.25, 0.3) is 0 Å². The molecule has 2 rings (SSSR count). The van der Waals surface area contributed by atoms with Gasteiger partial charge in [-0.05, 0) is 63.1 Å². The van der Waals surface area contributed by atoms with Crippen LogP contribution in [-0.4, -0.2) is 50.6 Å². The molecule has 128 valence electrons. The van der Waals surface area contributed by atoms with Gasteiger partial charge in [-0.3, -0.25) is 9.69 Å². The molecule has 0 unspecified atom stereocenters. The molecule has 0 aliphatic carbocycles. The highest BCUT2D eigenvalue weighted by Crippen LogP contribution is 2.27. The van der Waals surface area contributed by atoms with E-state index < -0.39 is 0 Å². The minimum Gasteiger partial charge on any atom is -0.495 e. The van der Waals surface area contributed by atoms with Crippen LogP contribution >= 0.6 is 11.6 Å². The Bertz CT molecular complexity index is 517. The van der Waals surface area contributed by atoms with Crippen LogP contribution in [0.3, 0.4) is 0 Å². The molecule has 1 aliphatic heterocycles. The van der Waals surface area contributed by atoms with Crippen LogP contribution in [0.4, 0.5) is 5.69 Å². The zero-order chi connectivity index (χ0) is 16.7. The smallest absolute Gasteiger partial charge is 0.238 e. The number of benzene rings is 1. The molecule has 1 amide bonds. The number of carbonyl (C=O) groups is 1. The molecule has 1 aliphatic rings. The van der Waals surface area contributed by atoms with E-state index in [-0.39, 0.29) is 5.91 Å². The van der Waals surface area contributed by atoms with Crippen molar-refractivity contribution in [3.05, 3.63) is 23.2 Å². The highest BCUT2D eigenvalue weighted by molar-refractivity contribution is 6.32. The first-order valence-corrected chi connectivity index (χ1v) is 8.56. The summed E-state index contributed by atoms with van der Waals surface area (Å²) in [5.41, 5.74) is 0.697. The van der Waals surface area contributed by atoms with Gasteiger partial charge in [0.25, 0.3) is 0 Å². The Morgan fingerprint density at radius 3 is 2.74 bits per heavy atom. The van der Waals surface area contributed by atoms with E-state index in [1.165, 1.54) is 0 Å². The van der Waals surface area contributed by atoms with Crippen molar-refractivity contribution in [2.24, 2.45) is 5.92 Å². The van der Waals surface area contributed by atoms with Crippen molar-refractivity contribution in [2.75, 3.05) is 45.2 Å². The zero-order valence-corrected chi connectivity index (χ0v) is 14.7. The highest BCUT2D eigenvalue weighted by Gasteiger charge is 2.20. The van der Waals surface area contributed by atoms with Crippen LogP contribution < -0.4 is 15.4 Å². The van der Waals surface area contributed by atoms with Gasteiger partial charge in [0, 0.05) is 5.69 Å². The summed E-state index contributed by atoms with van der Waals surface area (Å²) >= 11 is 6.07. The second-order valence-electron chi connectivity index (χ2n) is 5.92. The lowest BCUT2D eigenvalue weighted by Gasteiger charge is -2.31. The second kappa shape index (κ2) is 9.11. The van der Waals surface area contributed by atoms with Gasteiger partial charge in [-0.1, -0.05) is 18.5 Å². The molecular formula is C17H26ClN3O2. The molecular weight excluding hydrogens is 314 g/mol. The van der Waals surface area contributed by atoms with Crippen LogP contribution in [-0.2, 0) is 4.79 Å². The van der Waals surface area contributed by atoms with Crippen molar-refractivity contribution < 1.29 is 9.53 Å². The molecule has 23 heavy (non-hydrogen) atoms. The summed E-state index contributed by atoms with van der Waals surface area (Å²) < 4.78 is 5.11. The van der Waals surface area contributed by atoms with Crippen molar-refractivity contribution in [3.8, 4) is 5.75 Å².